The lowest BCUT2D eigenvalue weighted by Gasteiger charge is -2.35. The minimum atomic E-state index is -3.82. The summed E-state index contributed by atoms with van der Waals surface area (Å²) in [6.07, 6.45) is 0. The molecule has 0 atom stereocenters. The molecule has 1 aromatic heterocycles. The highest BCUT2D eigenvalue weighted by atomic mass is 35.5. The zero-order valence-corrected chi connectivity index (χ0v) is 17.4. The summed E-state index contributed by atoms with van der Waals surface area (Å²) < 4.78 is 56.0. The Kier molecular flexibility index (Phi) is 5.63. The molecule has 0 amide bonds. The molecule has 0 N–H and O–H groups in total. The van der Waals surface area contributed by atoms with E-state index in [0.717, 1.165) is 6.07 Å². The molecule has 0 bridgehead atoms. The Morgan fingerprint density at radius 2 is 1.97 bits per heavy atom. The van der Waals surface area contributed by atoms with Gasteiger partial charge in [-0.2, -0.15) is 9.29 Å². The first-order valence-electron chi connectivity index (χ1n) is 8.91. The quantitative estimate of drug-likeness (QED) is 0.542. The summed E-state index contributed by atoms with van der Waals surface area (Å²) in [6.45, 7) is 0.427. The van der Waals surface area contributed by atoms with E-state index in [-0.39, 0.29) is 36.3 Å². The number of sulfonamides is 1. The molecule has 1 fully saturated rings. The zero-order valence-electron chi connectivity index (χ0n) is 15.8. The first kappa shape index (κ1) is 20.6. The van der Waals surface area contributed by atoms with Gasteiger partial charge in [0.15, 0.2) is 18.2 Å². The maximum atomic E-state index is 13.9. The third kappa shape index (κ3) is 4.11. The van der Waals surface area contributed by atoms with Gasteiger partial charge in [0.25, 0.3) is 0 Å². The van der Waals surface area contributed by atoms with Crippen molar-refractivity contribution in [3.8, 4) is 11.5 Å². The van der Waals surface area contributed by atoms with Crippen molar-refractivity contribution in [3.63, 3.8) is 0 Å². The first-order valence-corrected chi connectivity index (χ1v) is 10.7. The number of benzene rings is 2. The molecule has 8 nitrogen and oxygen atoms in total. The number of aromatic nitrogens is 2. The van der Waals surface area contributed by atoms with Crippen molar-refractivity contribution < 1.29 is 26.8 Å². The predicted octanol–water partition coefficient (Wildman–Crippen LogP) is 3.24. The van der Waals surface area contributed by atoms with Crippen molar-refractivity contribution in [1.82, 2.24) is 14.4 Å². The summed E-state index contributed by atoms with van der Waals surface area (Å²) >= 11 is 5.83. The van der Waals surface area contributed by atoms with Crippen LogP contribution in [0.25, 0.3) is 0 Å². The van der Waals surface area contributed by atoms with Crippen LogP contribution in [0.1, 0.15) is 17.6 Å². The predicted molar refractivity (Wildman–Crippen MR) is 105 cm³/mol. The van der Waals surface area contributed by atoms with Crippen molar-refractivity contribution in [2.45, 2.75) is 17.4 Å². The van der Waals surface area contributed by atoms with Gasteiger partial charge in [-0.15, -0.1) is 0 Å². The Bertz CT molecular complexity index is 1150. The van der Waals surface area contributed by atoms with E-state index >= 15 is 0 Å². The SMILES string of the molecule is COc1ccc(S(=O)(=O)N2CC(c3nc(COc4ccc(Cl)cc4)no3)C2)cc1F. The molecular weight excluding hydrogens is 437 g/mol. The smallest absolute Gasteiger partial charge is 0.243 e. The van der Waals surface area contributed by atoms with Gasteiger partial charge in [-0.1, -0.05) is 16.8 Å². The molecule has 0 aliphatic carbocycles. The number of methoxy groups -OCH3 is 1. The van der Waals surface area contributed by atoms with Crippen LogP contribution >= 0.6 is 11.6 Å². The Morgan fingerprint density at radius 1 is 1.23 bits per heavy atom. The maximum absolute atomic E-state index is 13.9. The summed E-state index contributed by atoms with van der Waals surface area (Å²) in [5, 5.41) is 4.46. The van der Waals surface area contributed by atoms with E-state index in [0.29, 0.717) is 22.5 Å². The monoisotopic (exact) mass is 453 g/mol. The van der Waals surface area contributed by atoms with Gasteiger partial charge in [0.1, 0.15) is 5.75 Å². The third-order valence-electron chi connectivity index (χ3n) is 4.62. The molecule has 2 heterocycles. The maximum Gasteiger partial charge on any atom is 0.243 e. The molecule has 1 aliphatic rings. The van der Waals surface area contributed by atoms with Crippen molar-refractivity contribution in [1.29, 1.82) is 0 Å². The fourth-order valence-corrected chi connectivity index (χ4v) is 4.59. The van der Waals surface area contributed by atoms with Crippen LogP contribution in [-0.2, 0) is 16.6 Å². The second-order valence-electron chi connectivity index (χ2n) is 6.61. The van der Waals surface area contributed by atoms with E-state index in [1.807, 2.05) is 0 Å². The fraction of sp³-hybridized carbons (Fsp3) is 0.263. The molecular formula is C19H17ClFN3O5S. The number of hydrogen-bond acceptors (Lipinski definition) is 7. The van der Waals surface area contributed by atoms with Crippen LogP contribution in [0.3, 0.4) is 0 Å². The largest absolute Gasteiger partial charge is 0.494 e. The van der Waals surface area contributed by atoms with Crippen LogP contribution in [0, 0.1) is 5.82 Å². The average molecular weight is 454 g/mol. The van der Waals surface area contributed by atoms with Crippen LogP contribution in [0.4, 0.5) is 4.39 Å². The Hall–Kier alpha value is -2.69. The van der Waals surface area contributed by atoms with Crippen molar-refractivity contribution in [2.75, 3.05) is 20.2 Å². The highest BCUT2D eigenvalue weighted by molar-refractivity contribution is 7.89. The van der Waals surface area contributed by atoms with Gasteiger partial charge in [0.2, 0.25) is 21.7 Å². The van der Waals surface area contributed by atoms with Crippen molar-refractivity contribution in [3.05, 3.63) is 65.0 Å². The minimum absolute atomic E-state index is 0.0188. The van der Waals surface area contributed by atoms with E-state index in [4.69, 9.17) is 25.6 Å². The second-order valence-corrected chi connectivity index (χ2v) is 8.98. The summed E-state index contributed by atoms with van der Waals surface area (Å²) in [5.41, 5.74) is 0. The molecule has 158 valence electrons. The van der Waals surface area contributed by atoms with E-state index in [2.05, 4.69) is 10.1 Å². The molecule has 3 aromatic rings. The molecule has 30 heavy (non-hydrogen) atoms. The Balaban J connectivity index is 1.36. The zero-order chi connectivity index (χ0) is 21.3. The minimum Gasteiger partial charge on any atom is -0.494 e. The number of rotatable bonds is 7. The Labute approximate surface area is 177 Å². The normalized spacial score (nSPS) is 15.0. The first-order chi connectivity index (χ1) is 14.4. The molecule has 11 heteroatoms. The number of hydrogen-bond donors (Lipinski definition) is 0. The van der Waals surface area contributed by atoms with E-state index < -0.39 is 15.8 Å². The lowest BCUT2D eigenvalue weighted by atomic mass is 10.0. The van der Waals surface area contributed by atoms with Gasteiger partial charge in [-0.05, 0) is 42.5 Å². The van der Waals surface area contributed by atoms with Gasteiger partial charge in [0, 0.05) is 18.1 Å². The number of ether oxygens (including phenoxy) is 2. The van der Waals surface area contributed by atoms with E-state index in [1.165, 1.54) is 23.5 Å². The Morgan fingerprint density at radius 3 is 2.63 bits per heavy atom. The molecule has 0 unspecified atom stereocenters. The molecule has 0 radical (unpaired) electrons. The van der Waals surface area contributed by atoms with Crippen LogP contribution in [0.15, 0.2) is 51.9 Å². The topological polar surface area (TPSA) is 94.8 Å². The summed E-state index contributed by atoms with van der Waals surface area (Å²) in [4.78, 5) is 4.13. The molecule has 4 rings (SSSR count). The van der Waals surface area contributed by atoms with Gasteiger partial charge >= 0.3 is 0 Å². The number of nitrogens with zero attached hydrogens (tertiary/aromatic N) is 3. The molecule has 0 spiro atoms. The highest BCUT2D eigenvalue weighted by Gasteiger charge is 2.40. The molecule has 1 aliphatic heterocycles. The molecule has 1 saturated heterocycles. The van der Waals surface area contributed by atoms with E-state index in [1.54, 1.807) is 24.3 Å². The van der Waals surface area contributed by atoms with Crippen LogP contribution < -0.4 is 9.47 Å². The van der Waals surface area contributed by atoms with Crippen molar-refractivity contribution >= 4 is 21.6 Å². The van der Waals surface area contributed by atoms with Crippen LogP contribution in [-0.4, -0.2) is 43.1 Å². The average Bonchev–Trinajstić information content (AvgIpc) is 3.14. The van der Waals surface area contributed by atoms with E-state index in [9.17, 15) is 12.8 Å². The van der Waals surface area contributed by atoms with Crippen molar-refractivity contribution in [2.24, 2.45) is 0 Å². The van der Waals surface area contributed by atoms with Gasteiger partial charge in [0.05, 0.1) is 17.9 Å². The lowest BCUT2D eigenvalue weighted by Crippen LogP contribution is -2.48. The highest BCUT2D eigenvalue weighted by Crippen LogP contribution is 2.32. The summed E-state index contributed by atoms with van der Waals surface area (Å²) in [6, 6.07) is 10.4. The van der Waals surface area contributed by atoms with Crippen LogP contribution in [0.5, 0.6) is 11.5 Å². The van der Waals surface area contributed by atoms with Gasteiger partial charge in [-0.3, -0.25) is 0 Å². The van der Waals surface area contributed by atoms with Crippen LogP contribution in [0.2, 0.25) is 5.02 Å². The third-order valence-corrected chi connectivity index (χ3v) is 6.70. The van der Waals surface area contributed by atoms with Gasteiger partial charge in [-0.25, -0.2) is 12.8 Å². The second kappa shape index (κ2) is 8.21. The lowest BCUT2D eigenvalue weighted by molar-refractivity contribution is 0.215. The standard InChI is InChI=1S/C19H17ClFN3O5S/c1-27-17-7-6-15(8-16(17)21)30(25,26)24-9-12(10-24)19-22-18(23-29-19)11-28-14-4-2-13(20)3-5-14/h2-8,12H,9-11H2,1H3. The fourth-order valence-electron chi connectivity index (χ4n) is 2.92. The molecule has 2 aromatic carbocycles. The summed E-state index contributed by atoms with van der Waals surface area (Å²) in [5.74, 6) is 0.293. The molecule has 0 saturated carbocycles. The van der Waals surface area contributed by atoms with Gasteiger partial charge < -0.3 is 14.0 Å². The number of halogens is 2. The summed E-state index contributed by atoms with van der Waals surface area (Å²) in [7, 11) is -2.51.